The molecule has 116 valence electrons. The maximum absolute atomic E-state index is 12.1. The first-order valence-corrected chi connectivity index (χ1v) is 7.57. The monoisotopic (exact) mass is 300 g/mol. The van der Waals surface area contributed by atoms with E-state index >= 15 is 0 Å². The van der Waals surface area contributed by atoms with Crippen molar-refractivity contribution in [2.45, 2.75) is 44.2 Å². The van der Waals surface area contributed by atoms with Crippen LogP contribution in [-0.4, -0.2) is 31.4 Å². The molecule has 6 heteroatoms. The summed E-state index contributed by atoms with van der Waals surface area (Å²) in [6.07, 6.45) is 6.91. The molecule has 2 N–H and O–H groups in total. The van der Waals surface area contributed by atoms with Gasteiger partial charge in [0.25, 0.3) is 0 Å². The summed E-state index contributed by atoms with van der Waals surface area (Å²) in [7, 11) is 0. The highest BCUT2D eigenvalue weighted by Crippen LogP contribution is 2.32. The smallest absolute Gasteiger partial charge is 0.227 e. The van der Waals surface area contributed by atoms with Gasteiger partial charge in [0.15, 0.2) is 0 Å². The topological polar surface area (TPSA) is 80.0 Å². The summed E-state index contributed by atoms with van der Waals surface area (Å²) in [4.78, 5) is 12.1. The van der Waals surface area contributed by atoms with E-state index in [1.54, 1.807) is 12.7 Å². The Labute approximate surface area is 129 Å². The lowest BCUT2D eigenvalue weighted by atomic mass is 9.97. The first-order chi connectivity index (χ1) is 10.6. The summed E-state index contributed by atoms with van der Waals surface area (Å²) in [5.41, 5.74) is 0.985. The van der Waals surface area contributed by atoms with Gasteiger partial charge in [-0.25, -0.2) is 0 Å². The number of carbonyl (C=O) groups excluding carboxylic acids is 1. The van der Waals surface area contributed by atoms with Crippen LogP contribution in [-0.2, 0) is 11.3 Å². The third-order valence-corrected chi connectivity index (χ3v) is 4.07. The number of nitrogens with one attached hydrogen (secondary N) is 1. The first kappa shape index (κ1) is 14.7. The molecule has 1 aromatic heterocycles. The zero-order valence-electron chi connectivity index (χ0n) is 12.4. The lowest BCUT2D eigenvalue weighted by molar-refractivity contribution is -0.120. The van der Waals surface area contributed by atoms with Crippen molar-refractivity contribution in [3.8, 4) is 0 Å². The Morgan fingerprint density at radius 1 is 1.27 bits per heavy atom. The number of hydrogen-bond acceptors (Lipinski definition) is 4. The Morgan fingerprint density at radius 3 is 2.73 bits per heavy atom. The fraction of sp³-hybridized carbons (Fsp3) is 0.438. The molecule has 6 nitrogen and oxygen atoms in total. The van der Waals surface area contributed by atoms with E-state index in [0.29, 0.717) is 19.4 Å². The van der Waals surface area contributed by atoms with E-state index in [1.165, 1.54) is 0 Å². The van der Waals surface area contributed by atoms with Crippen molar-refractivity contribution in [3.05, 3.63) is 42.5 Å². The minimum Gasteiger partial charge on any atom is -0.389 e. The maximum atomic E-state index is 12.1. The third-order valence-electron chi connectivity index (χ3n) is 4.07. The minimum atomic E-state index is -0.815. The molecule has 0 aliphatic heterocycles. The van der Waals surface area contributed by atoms with Gasteiger partial charge in [0.2, 0.25) is 5.91 Å². The van der Waals surface area contributed by atoms with Gasteiger partial charge in [0.05, 0.1) is 18.6 Å². The van der Waals surface area contributed by atoms with E-state index < -0.39 is 5.60 Å². The molecule has 1 fully saturated rings. The highest BCUT2D eigenvalue weighted by atomic mass is 16.3. The van der Waals surface area contributed by atoms with Gasteiger partial charge in [0, 0.05) is 5.69 Å². The lowest BCUT2D eigenvalue weighted by Crippen LogP contribution is -2.30. The average Bonchev–Trinajstić information content (AvgIpc) is 3.11. The summed E-state index contributed by atoms with van der Waals surface area (Å²) in [5.74, 6) is -0.133. The molecule has 0 spiro atoms. The Hall–Kier alpha value is -2.21. The number of carbonyl (C=O) groups is 1. The zero-order valence-corrected chi connectivity index (χ0v) is 12.4. The van der Waals surface area contributed by atoms with Gasteiger partial charge in [0.1, 0.15) is 12.7 Å². The molecule has 0 radical (unpaired) electrons. The maximum Gasteiger partial charge on any atom is 0.227 e. The first-order valence-electron chi connectivity index (χ1n) is 7.57. The van der Waals surface area contributed by atoms with E-state index in [-0.39, 0.29) is 12.3 Å². The Bertz CT molecular complexity index is 633. The largest absolute Gasteiger partial charge is 0.389 e. The number of benzene rings is 1. The van der Waals surface area contributed by atoms with Crippen molar-refractivity contribution < 1.29 is 9.90 Å². The number of nitrogens with zero attached hydrogens (tertiary/aromatic N) is 3. The quantitative estimate of drug-likeness (QED) is 0.884. The Kier molecular flexibility index (Phi) is 4.20. The number of aromatic nitrogens is 3. The number of hydrogen-bond donors (Lipinski definition) is 2. The van der Waals surface area contributed by atoms with Crippen molar-refractivity contribution >= 4 is 11.6 Å². The molecule has 0 unspecified atom stereocenters. The van der Waals surface area contributed by atoms with E-state index in [0.717, 1.165) is 24.1 Å². The molecule has 1 saturated carbocycles. The normalized spacial score (nSPS) is 16.6. The van der Waals surface area contributed by atoms with Crippen LogP contribution in [0.5, 0.6) is 0 Å². The van der Waals surface area contributed by atoms with E-state index in [1.807, 2.05) is 28.8 Å². The predicted molar refractivity (Wildman–Crippen MR) is 82.2 cm³/mol. The van der Waals surface area contributed by atoms with Crippen LogP contribution in [0, 0.1) is 0 Å². The summed E-state index contributed by atoms with van der Waals surface area (Å²) >= 11 is 0. The molecule has 1 aliphatic rings. The molecule has 0 atom stereocenters. The fourth-order valence-electron chi connectivity index (χ4n) is 2.98. The molecule has 1 aromatic carbocycles. The summed E-state index contributed by atoms with van der Waals surface area (Å²) in [5, 5.41) is 20.7. The Morgan fingerprint density at radius 2 is 2.00 bits per heavy atom. The van der Waals surface area contributed by atoms with Crippen LogP contribution in [0.4, 0.5) is 5.69 Å². The van der Waals surface area contributed by atoms with Crippen molar-refractivity contribution in [1.29, 1.82) is 0 Å². The molecule has 1 heterocycles. The summed E-state index contributed by atoms with van der Waals surface area (Å²) in [6, 6.07) is 7.67. The predicted octanol–water partition coefficient (Wildman–Crippen LogP) is 1.96. The van der Waals surface area contributed by atoms with Gasteiger partial charge in [-0.2, -0.15) is 0 Å². The molecule has 0 bridgehead atoms. The number of rotatable bonds is 5. The van der Waals surface area contributed by atoms with Gasteiger partial charge in [-0.1, -0.05) is 25.0 Å². The molecule has 1 aliphatic carbocycles. The van der Waals surface area contributed by atoms with Gasteiger partial charge in [-0.15, -0.1) is 10.2 Å². The number of amides is 1. The van der Waals surface area contributed by atoms with Gasteiger partial charge < -0.3 is 15.0 Å². The van der Waals surface area contributed by atoms with Crippen LogP contribution in [0.1, 0.15) is 37.7 Å². The minimum absolute atomic E-state index is 0.133. The standard InChI is InChI=1S/C16H20N4O2/c21-15(9-16(22)6-1-2-7-16)19-14-5-3-4-13(8-14)10-20-11-17-18-12-20/h3-5,8,11-12,22H,1-2,6-7,9-10H2,(H,19,21). The third kappa shape index (κ3) is 3.71. The molecular formula is C16H20N4O2. The fourth-order valence-corrected chi connectivity index (χ4v) is 2.98. The second kappa shape index (κ2) is 6.27. The van der Waals surface area contributed by atoms with Gasteiger partial charge >= 0.3 is 0 Å². The molecular weight excluding hydrogens is 280 g/mol. The SMILES string of the molecule is O=C(CC1(O)CCCC1)Nc1cccc(Cn2cnnc2)c1. The highest BCUT2D eigenvalue weighted by Gasteiger charge is 2.33. The summed E-state index contributed by atoms with van der Waals surface area (Å²) in [6.45, 7) is 0.653. The van der Waals surface area contributed by atoms with Crippen LogP contribution in [0.15, 0.2) is 36.9 Å². The lowest BCUT2D eigenvalue weighted by Gasteiger charge is -2.21. The van der Waals surface area contributed by atoms with Gasteiger partial charge in [-0.3, -0.25) is 4.79 Å². The van der Waals surface area contributed by atoms with Crippen molar-refractivity contribution in [2.24, 2.45) is 0 Å². The van der Waals surface area contributed by atoms with Gasteiger partial charge in [-0.05, 0) is 30.5 Å². The van der Waals surface area contributed by atoms with E-state index in [2.05, 4.69) is 15.5 Å². The summed E-state index contributed by atoms with van der Waals surface area (Å²) < 4.78 is 1.86. The van der Waals surface area contributed by atoms with Crippen molar-refractivity contribution in [1.82, 2.24) is 14.8 Å². The molecule has 1 amide bonds. The van der Waals surface area contributed by atoms with Crippen LogP contribution >= 0.6 is 0 Å². The van der Waals surface area contributed by atoms with Crippen LogP contribution in [0.2, 0.25) is 0 Å². The molecule has 0 saturated heterocycles. The Balaban J connectivity index is 1.61. The second-order valence-corrected chi connectivity index (χ2v) is 5.99. The average molecular weight is 300 g/mol. The van der Waals surface area contributed by atoms with Crippen molar-refractivity contribution in [2.75, 3.05) is 5.32 Å². The van der Waals surface area contributed by atoms with Crippen LogP contribution in [0.3, 0.4) is 0 Å². The second-order valence-electron chi connectivity index (χ2n) is 5.99. The molecule has 2 aromatic rings. The zero-order chi connectivity index (χ0) is 15.4. The number of aliphatic hydroxyl groups is 1. The molecule has 3 rings (SSSR count). The van der Waals surface area contributed by atoms with Crippen LogP contribution in [0.25, 0.3) is 0 Å². The van der Waals surface area contributed by atoms with Crippen LogP contribution < -0.4 is 5.32 Å². The van der Waals surface area contributed by atoms with Crippen molar-refractivity contribution in [3.63, 3.8) is 0 Å². The van der Waals surface area contributed by atoms with E-state index in [9.17, 15) is 9.90 Å². The van der Waals surface area contributed by atoms with E-state index in [4.69, 9.17) is 0 Å². The molecule has 22 heavy (non-hydrogen) atoms. The highest BCUT2D eigenvalue weighted by molar-refractivity contribution is 5.91. The number of anilines is 1.